The van der Waals surface area contributed by atoms with Crippen molar-refractivity contribution in [2.75, 3.05) is 12.8 Å². The Morgan fingerprint density at radius 1 is 1.48 bits per heavy atom. The molecule has 0 saturated carbocycles. The van der Waals surface area contributed by atoms with Crippen molar-refractivity contribution in [3.63, 3.8) is 0 Å². The molecule has 0 N–H and O–H groups in total. The maximum absolute atomic E-state index is 12.1. The van der Waals surface area contributed by atoms with Crippen LogP contribution in [-0.2, 0) is 4.79 Å². The predicted octanol–water partition coefficient (Wildman–Crippen LogP) is 3.35. The number of hydrogen-bond donors (Lipinski definition) is 0. The third-order valence-electron chi connectivity index (χ3n) is 3.28. The van der Waals surface area contributed by atoms with Crippen LogP contribution in [0.1, 0.15) is 13.8 Å². The molecule has 2 rings (SSSR count). The van der Waals surface area contributed by atoms with Crippen molar-refractivity contribution in [3.8, 4) is 17.5 Å². The minimum Gasteiger partial charge on any atom is -0.411 e. The average Bonchev–Trinajstić information content (AvgIpc) is 3.00. The number of halogens is 1. The molecule has 6 nitrogen and oxygen atoms in total. The van der Waals surface area contributed by atoms with E-state index in [0.29, 0.717) is 11.1 Å². The number of nitrogens with zero attached hydrogens (tertiary/aromatic N) is 4. The Bertz CT molecular complexity index is 754. The van der Waals surface area contributed by atoms with Gasteiger partial charge in [-0.1, -0.05) is 33.8 Å². The van der Waals surface area contributed by atoms with Crippen molar-refractivity contribution in [3.05, 3.63) is 28.7 Å². The monoisotopic (exact) mass is 394 g/mol. The van der Waals surface area contributed by atoms with Gasteiger partial charge in [-0.25, -0.2) is 0 Å². The van der Waals surface area contributed by atoms with Gasteiger partial charge in [-0.2, -0.15) is 5.26 Å². The Morgan fingerprint density at radius 2 is 2.22 bits per heavy atom. The molecule has 0 aliphatic carbocycles. The van der Waals surface area contributed by atoms with Gasteiger partial charge in [0.25, 0.3) is 5.22 Å². The fourth-order valence-electron chi connectivity index (χ4n) is 1.61. The first-order valence-corrected chi connectivity index (χ1v) is 8.51. The largest absolute Gasteiger partial charge is 0.411 e. The van der Waals surface area contributed by atoms with E-state index in [0.717, 1.165) is 21.8 Å². The van der Waals surface area contributed by atoms with Gasteiger partial charge in [0.05, 0.1) is 11.8 Å². The lowest BCUT2D eigenvalue weighted by Gasteiger charge is -2.28. The number of rotatable bonds is 5. The quantitative estimate of drug-likeness (QED) is 0.722. The first-order valence-electron chi connectivity index (χ1n) is 6.73. The molecule has 1 aromatic carbocycles. The molecule has 23 heavy (non-hydrogen) atoms. The van der Waals surface area contributed by atoms with Crippen molar-refractivity contribution < 1.29 is 9.21 Å². The third-order valence-corrected chi connectivity index (χ3v) is 4.58. The number of benzene rings is 1. The van der Waals surface area contributed by atoms with Crippen molar-refractivity contribution in [2.24, 2.45) is 0 Å². The molecule has 0 radical (unpaired) electrons. The van der Waals surface area contributed by atoms with Crippen LogP contribution in [0.3, 0.4) is 0 Å². The summed E-state index contributed by atoms with van der Waals surface area (Å²) in [5, 5.41) is 17.3. The van der Waals surface area contributed by atoms with E-state index in [1.165, 1.54) is 4.90 Å². The van der Waals surface area contributed by atoms with E-state index in [1.54, 1.807) is 20.9 Å². The van der Waals surface area contributed by atoms with Gasteiger partial charge in [0, 0.05) is 17.1 Å². The number of carbonyl (C=O) groups excluding carboxylic acids is 1. The Balaban J connectivity index is 2.01. The van der Waals surface area contributed by atoms with Crippen LogP contribution < -0.4 is 0 Å². The van der Waals surface area contributed by atoms with Crippen molar-refractivity contribution in [2.45, 2.75) is 24.6 Å². The Morgan fingerprint density at radius 3 is 2.87 bits per heavy atom. The fourth-order valence-corrected chi connectivity index (χ4v) is 2.69. The van der Waals surface area contributed by atoms with Crippen LogP contribution in [0.15, 0.2) is 38.4 Å². The van der Waals surface area contributed by atoms with Crippen molar-refractivity contribution in [1.82, 2.24) is 15.1 Å². The molecule has 0 bridgehead atoms. The van der Waals surface area contributed by atoms with Gasteiger partial charge in [0.1, 0.15) is 5.54 Å². The number of carbonyl (C=O) groups is 1. The topological polar surface area (TPSA) is 83.0 Å². The van der Waals surface area contributed by atoms with Gasteiger partial charge in [0.15, 0.2) is 0 Å². The molecule has 0 aliphatic rings. The first-order chi connectivity index (χ1) is 10.8. The summed E-state index contributed by atoms with van der Waals surface area (Å²) in [7, 11) is 1.60. The fraction of sp³-hybridized carbons (Fsp3) is 0.333. The summed E-state index contributed by atoms with van der Waals surface area (Å²) in [4.78, 5) is 13.5. The first kappa shape index (κ1) is 17.5. The molecule has 2 aromatic rings. The zero-order valence-corrected chi connectivity index (χ0v) is 15.3. The molecular weight excluding hydrogens is 380 g/mol. The van der Waals surface area contributed by atoms with E-state index in [4.69, 9.17) is 9.68 Å². The van der Waals surface area contributed by atoms with Crippen LogP contribution >= 0.6 is 27.7 Å². The normalized spacial score (nSPS) is 11.1. The lowest BCUT2D eigenvalue weighted by atomic mass is 10.1. The van der Waals surface area contributed by atoms with Crippen molar-refractivity contribution in [1.29, 1.82) is 5.26 Å². The lowest BCUT2D eigenvalue weighted by Crippen LogP contribution is -2.44. The molecule has 8 heteroatoms. The molecule has 120 valence electrons. The molecule has 0 unspecified atom stereocenters. The van der Waals surface area contributed by atoms with E-state index in [-0.39, 0.29) is 11.7 Å². The highest BCUT2D eigenvalue weighted by atomic mass is 79.9. The zero-order chi connectivity index (χ0) is 17.0. The molecule has 0 spiro atoms. The van der Waals surface area contributed by atoms with Gasteiger partial charge >= 0.3 is 0 Å². The summed E-state index contributed by atoms with van der Waals surface area (Å²) in [6, 6.07) is 9.60. The molecular formula is C15H15BrN4O2S. The van der Waals surface area contributed by atoms with Crippen LogP contribution in [0.25, 0.3) is 11.5 Å². The number of nitriles is 1. The summed E-state index contributed by atoms with van der Waals surface area (Å²) in [6.07, 6.45) is 0. The second kappa shape index (κ2) is 7.15. The molecule has 1 amide bonds. The highest BCUT2D eigenvalue weighted by molar-refractivity contribution is 9.10. The maximum atomic E-state index is 12.1. The van der Waals surface area contributed by atoms with Gasteiger partial charge in [-0.05, 0) is 32.0 Å². The minimum absolute atomic E-state index is 0.127. The maximum Gasteiger partial charge on any atom is 0.277 e. The number of aromatic nitrogens is 2. The summed E-state index contributed by atoms with van der Waals surface area (Å²) < 4.78 is 6.47. The minimum atomic E-state index is -0.853. The zero-order valence-electron chi connectivity index (χ0n) is 12.9. The summed E-state index contributed by atoms with van der Waals surface area (Å²) in [5.41, 5.74) is -0.0543. The summed E-state index contributed by atoms with van der Waals surface area (Å²) >= 11 is 4.54. The Hall–Kier alpha value is -1.85. The molecule has 1 heterocycles. The van der Waals surface area contributed by atoms with Crippen LogP contribution in [0, 0.1) is 11.3 Å². The molecule has 0 aliphatic heterocycles. The second-order valence-corrected chi connectivity index (χ2v) is 7.14. The van der Waals surface area contributed by atoms with Gasteiger partial charge in [-0.15, -0.1) is 10.2 Å². The predicted molar refractivity (Wildman–Crippen MR) is 90.6 cm³/mol. The van der Waals surface area contributed by atoms with E-state index in [9.17, 15) is 4.79 Å². The van der Waals surface area contributed by atoms with Crippen LogP contribution in [0.5, 0.6) is 0 Å². The van der Waals surface area contributed by atoms with Crippen LogP contribution in [0.4, 0.5) is 0 Å². The van der Waals surface area contributed by atoms with Crippen LogP contribution in [0.2, 0.25) is 0 Å². The smallest absolute Gasteiger partial charge is 0.277 e. The number of amides is 1. The summed E-state index contributed by atoms with van der Waals surface area (Å²) in [6.45, 7) is 3.38. The standard InChI is InChI=1S/C15H15BrN4O2S/c1-15(2,9-17)20(3)12(21)8-23-14-19-18-13(22-14)10-5-4-6-11(16)7-10/h4-7H,8H2,1-3H3. The molecule has 0 fully saturated rings. The number of thioether (sulfide) groups is 1. The van der Waals surface area contributed by atoms with Gasteiger partial charge in [0.2, 0.25) is 11.8 Å². The highest BCUT2D eigenvalue weighted by Gasteiger charge is 2.27. The Kier molecular flexibility index (Phi) is 5.44. The van der Waals surface area contributed by atoms with E-state index in [2.05, 4.69) is 32.2 Å². The highest BCUT2D eigenvalue weighted by Crippen LogP contribution is 2.25. The molecule has 0 saturated heterocycles. The van der Waals surface area contributed by atoms with E-state index in [1.807, 2.05) is 24.3 Å². The van der Waals surface area contributed by atoms with E-state index < -0.39 is 5.54 Å². The second-order valence-electron chi connectivity index (χ2n) is 5.30. The van der Waals surface area contributed by atoms with Crippen LogP contribution in [-0.4, -0.2) is 39.3 Å². The van der Waals surface area contributed by atoms with Crippen molar-refractivity contribution >= 4 is 33.6 Å². The van der Waals surface area contributed by atoms with E-state index >= 15 is 0 Å². The van der Waals surface area contributed by atoms with Gasteiger partial charge < -0.3 is 9.32 Å². The lowest BCUT2D eigenvalue weighted by molar-refractivity contribution is -0.130. The summed E-state index contributed by atoms with van der Waals surface area (Å²) in [5.74, 6) is 0.345. The Labute approximate surface area is 147 Å². The van der Waals surface area contributed by atoms with Gasteiger partial charge in [-0.3, -0.25) is 4.79 Å². The third kappa shape index (κ3) is 4.33. The SMILES string of the molecule is CN(C(=O)CSc1nnc(-c2cccc(Br)c2)o1)C(C)(C)C#N. The molecule has 0 atom stereocenters. The number of hydrogen-bond acceptors (Lipinski definition) is 6. The molecule has 1 aromatic heterocycles. The average molecular weight is 395 g/mol.